The fourth-order valence-electron chi connectivity index (χ4n) is 2.75. The zero-order valence-corrected chi connectivity index (χ0v) is 15.5. The smallest absolute Gasteiger partial charge is 0.261 e. The molecule has 0 radical (unpaired) electrons. The minimum atomic E-state index is -3.63. The number of aryl methyl sites for hydroxylation is 1. The Morgan fingerprint density at radius 3 is 2.27 bits per heavy atom. The third-order valence-corrected chi connectivity index (χ3v) is 5.66. The van der Waals surface area contributed by atoms with Crippen molar-refractivity contribution >= 4 is 21.6 Å². The Kier molecular flexibility index (Phi) is 5.46. The highest BCUT2D eigenvalue weighted by molar-refractivity contribution is 7.92. The summed E-state index contributed by atoms with van der Waals surface area (Å²) in [5.41, 5.74) is 1.43. The maximum atomic E-state index is 12.4. The Bertz CT molecular complexity index is 855. The van der Waals surface area contributed by atoms with E-state index in [0.29, 0.717) is 11.4 Å². The van der Waals surface area contributed by atoms with E-state index in [1.165, 1.54) is 0 Å². The average Bonchev–Trinajstić information content (AvgIpc) is 3.16. The van der Waals surface area contributed by atoms with Crippen molar-refractivity contribution in [3.63, 3.8) is 0 Å². The molecule has 3 rings (SSSR count). The van der Waals surface area contributed by atoms with Gasteiger partial charge >= 0.3 is 0 Å². The number of anilines is 1. The van der Waals surface area contributed by atoms with Crippen molar-refractivity contribution < 1.29 is 17.9 Å². The Labute approximate surface area is 153 Å². The van der Waals surface area contributed by atoms with Crippen LogP contribution in [0.4, 0.5) is 5.69 Å². The molecule has 26 heavy (non-hydrogen) atoms. The predicted octanol–water partition coefficient (Wildman–Crippen LogP) is 2.80. The van der Waals surface area contributed by atoms with Gasteiger partial charge in [0.15, 0.2) is 6.61 Å². The second kappa shape index (κ2) is 7.78. The quantitative estimate of drug-likeness (QED) is 0.844. The predicted molar refractivity (Wildman–Crippen MR) is 99.7 cm³/mol. The van der Waals surface area contributed by atoms with Crippen LogP contribution in [0.2, 0.25) is 0 Å². The Morgan fingerprint density at radius 1 is 1.04 bits per heavy atom. The van der Waals surface area contributed by atoms with Crippen LogP contribution in [0.25, 0.3) is 0 Å². The first-order valence-corrected chi connectivity index (χ1v) is 10.0. The van der Waals surface area contributed by atoms with Crippen molar-refractivity contribution in [1.29, 1.82) is 0 Å². The molecular formula is C19H22N2O4S. The molecule has 0 atom stereocenters. The van der Waals surface area contributed by atoms with Gasteiger partial charge in [0, 0.05) is 18.8 Å². The van der Waals surface area contributed by atoms with Crippen molar-refractivity contribution in [1.82, 2.24) is 4.90 Å². The third-order valence-electron chi connectivity index (χ3n) is 4.26. The van der Waals surface area contributed by atoms with Crippen LogP contribution in [-0.4, -0.2) is 38.9 Å². The average molecular weight is 374 g/mol. The molecule has 2 aromatic rings. The first kappa shape index (κ1) is 18.3. The van der Waals surface area contributed by atoms with E-state index in [4.69, 9.17) is 4.74 Å². The van der Waals surface area contributed by atoms with Crippen molar-refractivity contribution in [3.05, 3.63) is 54.1 Å². The summed E-state index contributed by atoms with van der Waals surface area (Å²) in [5.74, 6) is 0.502. The number of amides is 1. The van der Waals surface area contributed by atoms with Crippen LogP contribution in [0.5, 0.6) is 5.75 Å². The number of carbonyl (C=O) groups is 1. The standard InChI is InChI=1S/C19H22N2O4S/c1-15-4-10-18(11-5-15)26(23,24)20-16-6-8-17(9-7-16)25-14-19(22)21-12-2-3-13-21/h4-11,20H,2-3,12-14H2,1H3. The minimum Gasteiger partial charge on any atom is -0.484 e. The van der Waals surface area contributed by atoms with Gasteiger partial charge in [-0.1, -0.05) is 17.7 Å². The van der Waals surface area contributed by atoms with Crippen LogP contribution < -0.4 is 9.46 Å². The number of rotatable bonds is 6. The number of ether oxygens (including phenoxy) is 1. The van der Waals surface area contributed by atoms with Crippen molar-refractivity contribution in [2.45, 2.75) is 24.7 Å². The van der Waals surface area contributed by atoms with Gasteiger partial charge in [-0.05, 0) is 56.2 Å². The molecule has 1 heterocycles. The molecule has 0 aliphatic carbocycles. The van der Waals surface area contributed by atoms with E-state index in [2.05, 4.69) is 4.72 Å². The van der Waals surface area contributed by atoms with Gasteiger partial charge < -0.3 is 9.64 Å². The highest BCUT2D eigenvalue weighted by Crippen LogP contribution is 2.20. The lowest BCUT2D eigenvalue weighted by Crippen LogP contribution is -2.32. The Hall–Kier alpha value is -2.54. The zero-order chi connectivity index (χ0) is 18.6. The molecule has 0 saturated carbocycles. The number of nitrogens with zero attached hydrogens (tertiary/aromatic N) is 1. The molecule has 0 spiro atoms. The van der Waals surface area contributed by atoms with Gasteiger partial charge in [-0.3, -0.25) is 9.52 Å². The van der Waals surface area contributed by atoms with E-state index in [9.17, 15) is 13.2 Å². The number of benzene rings is 2. The summed E-state index contributed by atoms with van der Waals surface area (Å²) in [7, 11) is -3.63. The molecule has 2 aromatic carbocycles. The summed E-state index contributed by atoms with van der Waals surface area (Å²) in [6.07, 6.45) is 2.09. The second-order valence-corrected chi connectivity index (χ2v) is 8.00. The van der Waals surface area contributed by atoms with Gasteiger partial charge in [0.05, 0.1) is 4.90 Å². The van der Waals surface area contributed by atoms with Crippen molar-refractivity contribution in [2.24, 2.45) is 0 Å². The summed E-state index contributed by atoms with van der Waals surface area (Å²) in [4.78, 5) is 14.0. The lowest BCUT2D eigenvalue weighted by molar-refractivity contribution is -0.132. The maximum Gasteiger partial charge on any atom is 0.261 e. The molecule has 1 aliphatic heterocycles. The number of sulfonamides is 1. The van der Waals surface area contributed by atoms with Crippen LogP contribution >= 0.6 is 0 Å². The number of hydrogen-bond acceptors (Lipinski definition) is 4. The second-order valence-electron chi connectivity index (χ2n) is 6.32. The summed E-state index contributed by atoms with van der Waals surface area (Å²) in [5, 5.41) is 0. The van der Waals surface area contributed by atoms with Gasteiger partial charge in [-0.2, -0.15) is 0 Å². The third kappa shape index (κ3) is 4.54. The molecule has 1 N–H and O–H groups in total. The van der Waals surface area contributed by atoms with Crippen LogP contribution in [0.1, 0.15) is 18.4 Å². The number of likely N-dealkylation sites (tertiary alicyclic amines) is 1. The van der Waals surface area contributed by atoms with Gasteiger partial charge in [0.1, 0.15) is 5.75 Å². The summed E-state index contributed by atoms with van der Waals surface area (Å²) in [6, 6.07) is 13.2. The fourth-order valence-corrected chi connectivity index (χ4v) is 3.81. The zero-order valence-electron chi connectivity index (χ0n) is 14.6. The van der Waals surface area contributed by atoms with Crippen molar-refractivity contribution in [3.8, 4) is 5.75 Å². The van der Waals surface area contributed by atoms with E-state index < -0.39 is 10.0 Å². The first-order valence-electron chi connectivity index (χ1n) is 8.54. The Balaban J connectivity index is 1.58. The van der Waals surface area contributed by atoms with Crippen LogP contribution in [0.3, 0.4) is 0 Å². The van der Waals surface area contributed by atoms with E-state index >= 15 is 0 Å². The number of nitrogens with one attached hydrogen (secondary N) is 1. The van der Waals surface area contributed by atoms with Gasteiger partial charge in [-0.15, -0.1) is 0 Å². The molecule has 0 unspecified atom stereocenters. The number of hydrogen-bond donors (Lipinski definition) is 1. The lowest BCUT2D eigenvalue weighted by Gasteiger charge is -2.15. The molecule has 1 fully saturated rings. The SMILES string of the molecule is Cc1ccc(S(=O)(=O)Nc2ccc(OCC(=O)N3CCCC3)cc2)cc1. The minimum absolute atomic E-state index is 0.00552. The molecular weight excluding hydrogens is 352 g/mol. The number of carbonyl (C=O) groups excluding carboxylic acids is 1. The molecule has 1 amide bonds. The van der Waals surface area contributed by atoms with Gasteiger partial charge in [-0.25, -0.2) is 8.42 Å². The monoisotopic (exact) mass is 374 g/mol. The summed E-state index contributed by atoms with van der Waals surface area (Å²) >= 11 is 0. The molecule has 1 aliphatic rings. The van der Waals surface area contributed by atoms with Crippen molar-refractivity contribution in [2.75, 3.05) is 24.4 Å². The van der Waals surface area contributed by atoms with Gasteiger partial charge in [0.25, 0.3) is 15.9 Å². The van der Waals surface area contributed by atoms with E-state index in [1.807, 2.05) is 6.92 Å². The highest BCUT2D eigenvalue weighted by Gasteiger charge is 2.18. The van der Waals surface area contributed by atoms with Crippen LogP contribution in [-0.2, 0) is 14.8 Å². The fraction of sp³-hybridized carbons (Fsp3) is 0.316. The molecule has 0 bridgehead atoms. The molecule has 0 aromatic heterocycles. The highest BCUT2D eigenvalue weighted by atomic mass is 32.2. The first-order chi connectivity index (χ1) is 12.4. The van der Waals surface area contributed by atoms with E-state index in [0.717, 1.165) is 31.5 Å². The summed E-state index contributed by atoms with van der Waals surface area (Å²) in [6.45, 7) is 3.48. The van der Waals surface area contributed by atoms with Crippen LogP contribution in [0, 0.1) is 6.92 Å². The van der Waals surface area contributed by atoms with E-state index in [1.54, 1.807) is 53.4 Å². The normalized spacial score (nSPS) is 14.3. The molecule has 1 saturated heterocycles. The Morgan fingerprint density at radius 2 is 1.65 bits per heavy atom. The van der Waals surface area contributed by atoms with Crippen LogP contribution in [0.15, 0.2) is 53.4 Å². The maximum absolute atomic E-state index is 12.4. The van der Waals surface area contributed by atoms with E-state index in [-0.39, 0.29) is 17.4 Å². The largest absolute Gasteiger partial charge is 0.484 e. The molecule has 7 heteroatoms. The summed E-state index contributed by atoms with van der Waals surface area (Å²) < 4.78 is 32.8. The molecule has 138 valence electrons. The van der Waals surface area contributed by atoms with Gasteiger partial charge in [0.2, 0.25) is 0 Å². The molecule has 6 nitrogen and oxygen atoms in total. The topological polar surface area (TPSA) is 75.7 Å². The lowest BCUT2D eigenvalue weighted by atomic mass is 10.2.